The molecule has 0 spiro atoms. The molecule has 0 atom stereocenters. The largest absolute Gasteiger partial charge is 0.393 e. The Bertz CT molecular complexity index is 1150. The van der Waals surface area contributed by atoms with Crippen LogP contribution >= 0.6 is 0 Å². The molecular weight excluding hydrogens is 382 g/mol. The van der Waals surface area contributed by atoms with Crippen molar-refractivity contribution in [3.05, 3.63) is 63.2 Å². The number of likely N-dealkylation sites (tertiary alicyclic amines) is 1. The average molecular weight is 407 g/mol. The predicted molar refractivity (Wildman–Crippen MR) is 117 cm³/mol. The molecule has 3 aromatic rings. The van der Waals surface area contributed by atoms with E-state index in [1.165, 1.54) is 25.0 Å². The smallest absolute Gasteiger partial charge is 0.292 e. The summed E-state index contributed by atoms with van der Waals surface area (Å²) in [4.78, 5) is 30.6. The molecule has 30 heavy (non-hydrogen) atoms. The number of benzene rings is 2. The Morgan fingerprint density at radius 2 is 1.83 bits per heavy atom. The van der Waals surface area contributed by atoms with Gasteiger partial charge in [-0.05, 0) is 61.2 Å². The fourth-order valence-electron chi connectivity index (χ4n) is 3.91. The predicted octanol–water partition coefficient (Wildman–Crippen LogP) is 3.29. The summed E-state index contributed by atoms with van der Waals surface area (Å²) in [7, 11) is 0. The van der Waals surface area contributed by atoms with Crippen LogP contribution in [0.15, 0.2) is 47.5 Å². The van der Waals surface area contributed by atoms with Crippen molar-refractivity contribution in [1.29, 1.82) is 0 Å². The first-order valence-electron chi connectivity index (χ1n) is 10.2. The number of anilines is 1. The Labute approximate surface area is 174 Å². The van der Waals surface area contributed by atoms with Crippen molar-refractivity contribution >= 4 is 22.3 Å². The van der Waals surface area contributed by atoms with Gasteiger partial charge >= 0.3 is 0 Å². The van der Waals surface area contributed by atoms with Crippen molar-refractivity contribution in [3.8, 4) is 11.1 Å². The van der Waals surface area contributed by atoms with Gasteiger partial charge in [0, 0.05) is 19.2 Å². The van der Waals surface area contributed by atoms with Gasteiger partial charge in [-0.15, -0.1) is 0 Å². The zero-order valence-electron chi connectivity index (χ0n) is 17.0. The Balaban J connectivity index is 1.62. The van der Waals surface area contributed by atoms with Gasteiger partial charge in [-0.3, -0.25) is 19.5 Å². The van der Waals surface area contributed by atoms with Gasteiger partial charge < -0.3 is 10.6 Å². The zero-order chi connectivity index (χ0) is 21.3. The number of fused-ring (bicyclic) bond motifs is 1. The maximum atomic E-state index is 13.0. The van der Waals surface area contributed by atoms with E-state index in [-0.39, 0.29) is 16.9 Å². The molecule has 0 amide bonds. The highest BCUT2D eigenvalue weighted by Gasteiger charge is 2.16. The summed E-state index contributed by atoms with van der Waals surface area (Å²) in [6, 6.07) is 9.99. The van der Waals surface area contributed by atoms with E-state index in [0.717, 1.165) is 25.6 Å². The SMILES string of the molecule is CC1CCN(CCn2cnc3ccc(-c4ccc(N)c([N+](=O)[O-])c4)cc3c2=O)CC1. The van der Waals surface area contributed by atoms with Crippen molar-refractivity contribution < 1.29 is 4.92 Å². The minimum Gasteiger partial charge on any atom is -0.393 e. The van der Waals surface area contributed by atoms with Gasteiger partial charge in [0.05, 0.1) is 22.2 Å². The Hall–Kier alpha value is -3.26. The minimum absolute atomic E-state index is 0.0998. The summed E-state index contributed by atoms with van der Waals surface area (Å²) in [5, 5.41) is 11.7. The molecule has 0 unspecified atom stereocenters. The maximum Gasteiger partial charge on any atom is 0.292 e. The molecule has 0 bridgehead atoms. The molecule has 1 saturated heterocycles. The lowest BCUT2D eigenvalue weighted by molar-refractivity contribution is -0.383. The second-order valence-corrected chi connectivity index (χ2v) is 8.03. The summed E-state index contributed by atoms with van der Waals surface area (Å²) in [5.74, 6) is 0.772. The molecule has 8 heteroatoms. The van der Waals surface area contributed by atoms with Gasteiger partial charge in [-0.25, -0.2) is 4.98 Å². The van der Waals surface area contributed by atoms with Crippen LogP contribution in [0, 0.1) is 16.0 Å². The number of nitrogen functional groups attached to an aromatic ring is 1. The van der Waals surface area contributed by atoms with Gasteiger partial charge in [-0.2, -0.15) is 0 Å². The van der Waals surface area contributed by atoms with E-state index in [1.54, 1.807) is 29.1 Å². The van der Waals surface area contributed by atoms with Gasteiger partial charge in [0.1, 0.15) is 5.69 Å². The molecule has 0 radical (unpaired) electrons. The number of hydrogen-bond donors (Lipinski definition) is 1. The van der Waals surface area contributed by atoms with Crippen LogP contribution in [-0.2, 0) is 6.54 Å². The molecule has 0 aliphatic carbocycles. The molecular formula is C22H25N5O3. The van der Waals surface area contributed by atoms with Crippen LogP contribution in [0.2, 0.25) is 0 Å². The molecule has 1 aliphatic rings. The summed E-state index contributed by atoms with van der Waals surface area (Å²) >= 11 is 0. The number of rotatable bonds is 5. The van der Waals surface area contributed by atoms with E-state index < -0.39 is 4.92 Å². The first kappa shape index (κ1) is 20.0. The number of nitrogens with two attached hydrogens (primary N) is 1. The average Bonchev–Trinajstić information content (AvgIpc) is 2.74. The first-order valence-corrected chi connectivity index (χ1v) is 10.2. The second-order valence-electron chi connectivity index (χ2n) is 8.03. The summed E-state index contributed by atoms with van der Waals surface area (Å²) < 4.78 is 1.65. The van der Waals surface area contributed by atoms with Crippen LogP contribution in [0.5, 0.6) is 0 Å². The van der Waals surface area contributed by atoms with Gasteiger partial charge in [0.2, 0.25) is 0 Å². The quantitative estimate of drug-likeness (QED) is 0.395. The van der Waals surface area contributed by atoms with Crippen LogP contribution < -0.4 is 11.3 Å². The van der Waals surface area contributed by atoms with Crippen LogP contribution in [0.3, 0.4) is 0 Å². The Morgan fingerprint density at radius 3 is 2.57 bits per heavy atom. The summed E-state index contributed by atoms with van der Waals surface area (Å²) in [5.41, 5.74) is 7.52. The molecule has 2 aromatic carbocycles. The van der Waals surface area contributed by atoms with Crippen molar-refractivity contribution in [2.24, 2.45) is 5.92 Å². The molecule has 8 nitrogen and oxygen atoms in total. The lowest BCUT2D eigenvalue weighted by Gasteiger charge is -2.30. The van der Waals surface area contributed by atoms with Crippen molar-refractivity contribution in [2.45, 2.75) is 26.3 Å². The number of nitro groups is 1. The summed E-state index contributed by atoms with van der Waals surface area (Å²) in [6.45, 7) is 5.83. The lowest BCUT2D eigenvalue weighted by Crippen LogP contribution is -2.36. The van der Waals surface area contributed by atoms with E-state index >= 15 is 0 Å². The highest BCUT2D eigenvalue weighted by molar-refractivity contribution is 5.84. The maximum absolute atomic E-state index is 13.0. The molecule has 1 aliphatic heterocycles. The number of piperidine rings is 1. The van der Waals surface area contributed by atoms with Crippen LogP contribution in [0.4, 0.5) is 11.4 Å². The molecule has 1 fully saturated rings. The highest BCUT2D eigenvalue weighted by atomic mass is 16.6. The molecule has 156 valence electrons. The van der Waals surface area contributed by atoms with Gasteiger partial charge in [-0.1, -0.05) is 19.1 Å². The van der Waals surface area contributed by atoms with Gasteiger partial charge in [0.25, 0.3) is 11.2 Å². The number of nitro benzene ring substituents is 1. The van der Waals surface area contributed by atoms with Crippen LogP contribution in [0.25, 0.3) is 22.0 Å². The Kier molecular flexibility index (Phi) is 5.50. The van der Waals surface area contributed by atoms with Crippen molar-refractivity contribution in [3.63, 3.8) is 0 Å². The molecule has 4 rings (SSSR count). The zero-order valence-corrected chi connectivity index (χ0v) is 17.0. The van der Waals surface area contributed by atoms with Crippen molar-refractivity contribution in [1.82, 2.24) is 14.5 Å². The minimum atomic E-state index is -0.504. The fraction of sp³-hybridized carbons (Fsp3) is 0.364. The standard InChI is InChI=1S/C22H25N5O3/c1-15-6-8-25(9-7-15)10-11-26-14-24-20-5-3-16(12-18(20)22(26)28)17-2-4-19(23)21(13-17)27(29)30/h2-5,12-15H,6-11,23H2,1H3. The molecule has 1 aromatic heterocycles. The second kappa shape index (κ2) is 8.23. The Morgan fingerprint density at radius 1 is 1.13 bits per heavy atom. The topological polar surface area (TPSA) is 107 Å². The van der Waals surface area contributed by atoms with E-state index in [1.807, 2.05) is 6.07 Å². The van der Waals surface area contributed by atoms with Crippen molar-refractivity contribution in [2.75, 3.05) is 25.4 Å². The number of aromatic nitrogens is 2. The third kappa shape index (κ3) is 4.04. The number of nitrogens with zero attached hydrogens (tertiary/aromatic N) is 4. The molecule has 2 heterocycles. The van der Waals surface area contributed by atoms with E-state index in [4.69, 9.17) is 5.73 Å². The molecule has 0 saturated carbocycles. The van der Waals surface area contributed by atoms with Crippen LogP contribution in [0.1, 0.15) is 19.8 Å². The first-order chi connectivity index (χ1) is 14.4. The normalized spacial score (nSPS) is 15.5. The lowest BCUT2D eigenvalue weighted by atomic mass is 9.99. The van der Waals surface area contributed by atoms with E-state index in [9.17, 15) is 14.9 Å². The molecule has 2 N–H and O–H groups in total. The number of hydrogen-bond acceptors (Lipinski definition) is 6. The third-order valence-corrected chi connectivity index (χ3v) is 5.92. The van der Waals surface area contributed by atoms with Crippen LogP contribution in [-0.4, -0.2) is 39.0 Å². The highest BCUT2D eigenvalue weighted by Crippen LogP contribution is 2.29. The monoisotopic (exact) mass is 407 g/mol. The van der Waals surface area contributed by atoms with E-state index in [0.29, 0.717) is 28.6 Å². The summed E-state index contributed by atoms with van der Waals surface area (Å²) in [6.07, 6.45) is 3.99. The fourth-order valence-corrected chi connectivity index (χ4v) is 3.91. The van der Waals surface area contributed by atoms with Gasteiger partial charge in [0.15, 0.2) is 0 Å². The third-order valence-electron chi connectivity index (χ3n) is 5.92. The van der Waals surface area contributed by atoms with E-state index in [2.05, 4.69) is 16.8 Å².